The van der Waals surface area contributed by atoms with Crippen LogP contribution in [0.5, 0.6) is 0 Å². The first-order chi connectivity index (χ1) is 9.09. The predicted octanol–water partition coefficient (Wildman–Crippen LogP) is 2.22. The van der Waals surface area contributed by atoms with E-state index in [0.717, 1.165) is 25.2 Å². The van der Waals surface area contributed by atoms with Gasteiger partial charge in [-0.05, 0) is 30.9 Å². The van der Waals surface area contributed by atoms with Crippen molar-refractivity contribution in [3.63, 3.8) is 0 Å². The zero-order valence-corrected chi connectivity index (χ0v) is 14.2. The number of rotatable bonds is 8. The van der Waals surface area contributed by atoms with Crippen LogP contribution in [0.1, 0.15) is 26.7 Å². The van der Waals surface area contributed by atoms with E-state index in [1.165, 1.54) is 0 Å². The molecule has 1 heterocycles. The fraction of sp³-hybridized carbons (Fsp3) is 0.571. The monoisotopic (exact) mass is 336 g/mol. The van der Waals surface area contributed by atoms with E-state index in [-0.39, 0.29) is 30.7 Å². The Morgan fingerprint density at radius 3 is 2.57 bits per heavy atom. The molecule has 0 saturated carbocycles. The predicted molar refractivity (Wildman–Crippen MR) is 92.3 cm³/mol. The fourth-order valence-corrected chi connectivity index (χ4v) is 1.73. The molecule has 5 nitrogen and oxygen atoms in total. The molecule has 4 N–H and O–H groups in total. The first-order valence-electron chi connectivity index (χ1n) is 6.77. The number of hydrogen-bond donors (Lipinski definition) is 3. The zero-order chi connectivity index (χ0) is 14.1. The lowest BCUT2D eigenvalue weighted by Gasteiger charge is -2.14. The summed E-state index contributed by atoms with van der Waals surface area (Å²) in [6, 6.07) is 5.32. The molecule has 1 atom stereocenters. The molecule has 1 aromatic heterocycles. The molecule has 0 aliphatic carbocycles. The van der Waals surface area contributed by atoms with E-state index in [1.807, 2.05) is 18.2 Å². The van der Waals surface area contributed by atoms with Crippen LogP contribution in [-0.4, -0.2) is 30.0 Å². The number of aromatic nitrogens is 1. The molecule has 0 fully saturated rings. The highest BCUT2D eigenvalue weighted by molar-refractivity contribution is 5.85. The number of anilines is 1. The normalized spacial score (nSPS) is 11.0. The van der Waals surface area contributed by atoms with Gasteiger partial charge < -0.3 is 16.4 Å². The molecule has 21 heavy (non-hydrogen) atoms. The number of amides is 1. The molecular weight excluding hydrogens is 311 g/mol. The molecule has 0 unspecified atom stereocenters. The van der Waals surface area contributed by atoms with Gasteiger partial charge in [0.05, 0.1) is 6.04 Å². The van der Waals surface area contributed by atoms with Gasteiger partial charge in [0.1, 0.15) is 5.82 Å². The second-order valence-corrected chi connectivity index (χ2v) is 5.02. The van der Waals surface area contributed by atoms with Gasteiger partial charge in [0, 0.05) is 19.3 Å². The van der Waals surface area contributed by atoms with Crippen molar-refractivity contribution < 1.29 is 4.79 Å². The molecule has 1 aromatic rings. The largest absolute Gasteiger partial charge is 0.370 e. The maximum atomic E-state index is 11.6. The SMILES string of the molecule is CC(C)C[C@H](N)C(=O)NCCCNc1ccccn1.Cl.Cl. The van der Waals surface area contributed by atoms with Crippen LogP contribution in [0.4, 0.5) is 5.82 Å². The number of hydrogen-bond acceptors (Lipinski definition) is 4. The number of nitrogens with one attached hydrogen (secondary N) is 2. The Kier molecular flexibility index (Phi) is 13.4. The van der Waals surface area contributed by atoms with Gasteiger partial charge in [-0.3, -0.25) is 4.79 Å². The Balaban J connectivity index is 0. The van der Waals surface area contributed by atoms with Crippen LogP contribution >= 0.6 is 24.8 Å². The molecule has 7 heteroatoms. The average Bonchev–Trinajstić information content (AvgIpc) is 2.38. The number of carbonyl (C=O) groups excluding carboxylic acids is 1. The molecule has 1 amide bonds. The van der Waals surface area contributed by atoms with E-state index >= 15 is 0 Å². The summed E-state index contributed by atoms with van der Waals surface area (Å²) in [7, 11) is 0. The van der Waals surface area contributed by atoms with Gasteiger partial charge in [0.25, 0.3) is 0 Å². The Morgan fingerprint density at radius 2 is 2.00 bits per heavy atom. The first-order valence-corrected chi connectivity index (χ1v) is 6.77. The maximum Gasteiger partial charge on any atom is 0.236 e. The third-order valence-corrected chi connectivity index (χ3v) is 2.69. The van der Waals surface area contributed by atoms with Crippen molar-refractivity contribution in [1.82, 2.24) is 10.3 Å². The number of carbonyl (C=O) groups is 1. The van der Waals surface area contributed by atoms with E-state index in [0.29, 0.717) is 12.5 Å². The minimum atomic E-state index is -0.399. The third-order valence-electron chi connectivity index (χ3n) is 2.69. The van der Waals surface area contributed by atoms with Crippen LogP contribution in [0.3, 0.4) is 0 Å². The Bertz CT molecular complexity index is 376. The van der Waals surface area contributed by atoms with Crippen molar-refractivity contribution >= 4 is 36.5 Å². The molecule has 0 saturated heterocycles. The zero-order valence-electron chi connectivity index (χ0n) is 12.5. The van der Waals surface area contributed by atoms with E-state index < -0.39 is 6.04 Å². The topological polar surface area (TPSA) is 80.0 Å². The first kappa shape index (κ1) is 22.2. The molecule has 0 aliphatic rings. The quantitative estimate of drug-likeness (QED) is 0.636. The van der Waals surface area contributed by atoms with Crippen molar-refractivity contribution in [3.05, 3.63) is 24.4 Å². The van der Waals surface area contributed by atoms with E-state index in [9.17, 15) is 4.79 Å². The van der Waals surface area contributed by atoms with Crippen LogP contribution in [0, 0.1) is 5.92 Å². The summed E-state index contributed by atoms with van der Waals surface area (Å²) in [4.78, 5) is 15.8. The smallest absolute Gasteiger partial charge is 0.236 e. The Morgan fingerprint density at radius 1 is 1.29 bits per heavy atom. The highest BCUT2D eigenvalue weighted by Gasteiger charge is 2.13. The fourth-order valence-electron chi connectivity index (χ4n) is 1.73. The molecule has 0 aromatic carbocycles. The Hall–Kier alpha value is -1.04. The summed E-state index contributed by atoms with van der Waals surface area (Å²) >= 11 is 0. The van der Waals surface area contributed by atoms with Gasteiger partial charge in [0.2, 0.25) is 5.91 Å². The van der Waals surface area contributed by atoms with Crippen LogP contribution in [-0.2, 0) is 4.79 Å². The molecule has 1 rings (SSSR count). The third kappa shape index (κ3) is 10.3. The minimum absolute atomic E-state index is 0. The lowest BCUT2D eigenvalue weighted by Crippen LogP contribution is -2.41. The van der Waals surface area contributed by atoms with Gasteiger partial charge >= 0.3 is 0 Å². The van der Waals surface area contributed by atoms with Crippen LogP contribution in [0.25, 0.3) is 0 Å². The summed E-state index contributed by atoms with van der Waals surface area (Å²) in [6.07, 6.45) is 3.31. The average molecular weight is 337 g/mol. The highest BCUT2D eigenvalue weighted by atomic mass is 35.5. The van der Waals surface area contributed by atoms with Crippen molar-refractivity contribution in [2.45, 2.75) is 32.7 Å². The van der Waals surface area contributed by atoms with Gasteiger partial charge in [-0.25, -0.2) is 4.98 Å². The molecule has 0 radical (unpaired) electrons. The minimum Gasteiger partial charge on any atom is -0.370 e. The van der Waals surface area contributed by atoms with Crippen LogP contribution < -0.4 is 16.4 Å². The number of nitrogens with two attached hydrogens (primary N) is 1. The van der Waals surface area contributed by atoms with E-state index in [2.05, 4.69) is 29.5 Å². The van der Waals surface area contributed by atoms with Gasteiger partial charge in [-0.2, -0.15) is 0 Å². The lowest BCUT2D eigenvalue weighted by atomic mass is 10.0. The summed E-state index contributed by atoms with van der Waals surface area (Å²) in [5.74, 6) is 1.23. The van der Waals surface area contributed by atoms with Gasteiger partial charge in [-0.15, -0.1) is 24.8 Å². The van der Waals surface area contributed by atoms with Crippen molar-refractivity contribution in [2.75, 3.05) is 18.4 Å². The Labute approximate surface area is 139 Å². The number of pyridine rings is 1. The molecular formula is C14H26Cl2N4O. The second-order valence-electron chi connectivity index (χ2n) is 5.02. The molecule has 0 bridgehead atoms. The van der Waals surface area contributed by atoms with Gasteiger partial charge in [0.15, 0.2) is 0 Å². The van der Waals surface area contributed by atoms with Crippen molar-refractivity contribution in [3.8, 4) is 0 Å². The molecule has 0 aliphatic heterocycles. The summed E-state index contributed by atoms with van der Waals surface area (Å²) in [5, 5.41) is 6.04. The van der Waals surface area contributed by atoms with E-state index in [4.69, 9.17) is 5.73 Å². The second kappa shape index (κ2) is 12.7. The molecule has 0 spiro atoms. The number of halogens is 2. The van der Waals surface area contributed by atoms with Crippen molar-refractivity contribution in [1.29, 1.82) is 0 Å². The van der Waals surface area contributed by atoms with E-state index in [1.54, 1.807) is 6.20 Å². The lowest BCUT2D eigenvalue weighted by molar-refractivity contribution is -0.122. The summed E-state index contributed by atoms with van der Waals surface area (Å²) < 4.78 is 0. The number of nitrogens with zero attached hydrogens (tertiary/aromatic N) is 1. The standard InChI is InChI=1S/C14H24N4O.2ClH/c1-11(2)10-12(15)14(19)18-9-5-8-17-13-6-3-4-7-16-13;;/h3-4,6-7,11-12H,5,8-10,15H2,1-2H3,(H,16,17)(H,18,19);2*1H/t12-;;/m0../s1. The van der Waals surface area contributed by atoms with Crippen LogP contribution in [0.15, 0.2) is 24.4 Å². The summed E-state index contributed by atoms with van der Waals surface area (Å²) in [5.41, 5.74) is 5.79. The van der Waals surface area contributed by atoms with Gasteiger partial charge in [-0.1, -0.05) is 19.9 Å². The maximum absolute atomic E-state index is 11.6. The van der Waals surface area contributed by atoms with Crippen LogP contribution in [0.2, 0.25) is 0 Å². The summed E-state index contributed by atoms with van der Waals surface area (Å²) in [6.45, 7) is 5.52. The van der Waals surface area contributed by atoms with Crippen molar-refractivity contribution in [2.24, 2.45) is 11.7 Å². The molecule has 122 valence electrons. The highest BCUT2D eigenvalue weighted by Crippen LogP contribution is 2.02.